The monoisotopic (exact) mass is 257 g/mol. The zero-order valence-electron chi connectivity index (χ0n) is 7.00. The van der Waals surface area contributed by atoms with Gasteiger partial charge in [-0.05, 0) is 45.3 Å². The first kappa shape index (κ1) is 9.12. The summed E-state index contributed by atoms with van der Waals surface area (Å²) in [7, 11) is 0. The number of aromatic nitrogens is 1. The zero-order valence-corrected chi connectivity index (χ0v) is 9.41. The lowest BCUT2D eigenvalue weighted by Gasteiger charge is -2.04. The van der Waals surface area contributed by atoms with Gasteiger partial charge in [0.1, 0.15) is 6.26 Å². The zero-order chi connectivity index (χ0) is 9.42. The third kappa shape index (κ3) is 1.61. The van der Waals surface area contributed by atoms with E-state index >= 15 is 0 Å². The van der Waals surface area contributed by atoms with Gasteiger partial charge in [-0.25, -0.2) is 0 Å². The molecule has 4 heteroatoms. The predicted octanol–water partition coefficient (Wildman–Crippen LogP) is 2.67. The summed E-state index contributed by atoms with van der Waals surface area (Å²) in [6.07, 6.45) is 1.69. The highest BCUT2D eigenvalue weighted by molar-refractivity contribution is 9.10. The van der Waals surface area contributed by atoms with Crippen molar-refractivity contribution in [2.45, 2.75) is 4.90 Å². The molecule has 2 aromatic rings. The van der Waals surface area contributed by atoms with E-state index in [4.69, 9.17) is 0 Å². The highest BCUT2D eigenvalue weighted by atomic mass is 79.9. The van der Waals surface area contributed by atoms with Crippen molar-refractivity contribution < 1.29 is 4.55 Å². The molecule has 1 aromatic heterocycles. The van der Waals surface area contributed by atoms with Gasteiger partial charge in [-0.3, -0.25) is 0 Å². The van der Waals surface area contributed by atoms with Gasteiger partial charge < -0.3 is 9.54 Å². The summed E-state index contributed by atoms with van der Waals surface area (Å²) in [5.41, 5.74) is 1.01. The Balaban J connectivity index is 2.75. The minimum Gasteiger partial charge on any atom is -0.612 e. The van der Waals surface area contributed by atoms with E-state index in [2.05, 4.69) is 20.9 Å². The Bertz CT molecular complexity index is 438. The third-order valence-electron chi connectivity index (χ3n) is 1.90. The molecule has 1 atom stereocenters. The molecule has 0 bridgehead atoms. The Kier molecular flexibility index (Phi) is 2.36. The molecule has 0 radical (unpaired) electrons. The van der Waals surface area contributed by atoms with Crippen LogP contribution in [0, 0.1) is 0 Å². The van der Waals surface area contributed by atoms with Crippen LogP contribution < -0.4 is 0 Å². The second-order valence-electron chi connectivity index (χ2n) is 2.79. The van der Waals surface area contributed by atoms with Crippen LogP contribution in [0.15, 0.2) is 33.8 Å². The fourth-order valence-electron chi connectivity index (χ4n) is 1.34. The summed E-state index contributed by atoms with van der Waals surface area (Å²) in [6, 6.07) is 7.71. The molecule has 0 saturated heterocycles. The predicted molar refractivity (Wildman–Crippen MR) is 58.3 cm³/mol. The van der Waals surface area contributed by atoms with Crippen molar-refractivity contribution in [1.29, 1.82) is 0 Å². The highest BCUT2D eigenvalue weighted by Gasteiger charge is 2.10. The first-order valence-electron chi connectivity index (χ1n) is 3.79. The number of nitrogens with one attached hydrogen (secondary N) is 1. The molecule has 0 aliphatic heterocycles. The van der Waals surface area contributed by atoms with Crippen molar-refractivity contribution in [2.75, 3.05) is 6.26 Å². The molecule has 0 spiro atoms. The van der Waals surface area contributed by atoms with Crippen molar-refractivity contribution in [3.8, 4) is 0 Å². The fraction of sp³-hybridized carbons (Fsp3) is 0.111. The summed E-state index contributed by atoms with van der Waals surface area (Å²) in [4.78, 5) is 4.01. The molecule has 1 aromatic carbocycles. The second-order valence-corrected chi connectivity index (χ2v) is 4.99. The topological polar surface area (TPSA) is 38.8 Å². The second kappa shape index (κ2) is 3.36. The molecular weight excluding hydrogens is 250 g/mol. The lowest BCUT2D eigenvalue weighted by molar-refractivity contribution is 0.601. The number of halogens is 1. The van der Waals surface area contributed by atoms with E-state index < -0.39 is 11.2 Å². The lowest BCUT2D eigenvalue weighted by Crippen LogP contribution is -1.96. The summed E-state index contributed by atoms with van der Waals surface area (Å²) in [5, 5.41) is 1.02. The van der Waals surface area contributed by atoms with Crippen molar-refractivity contribution in [3.63, 3.8) is 0 Å². The van der Waals surface area contributed by atoms with Crippen molar-refractivity contribution >= 4 is 38.0 Å². The molecule has 2 nitrogen and oxygen atoms in total. The van der Waals surface area contributed by atoms with Crippen molar-refractivity contribution in [2.24, 2.45) is 0 Å². The molecule has 2 rings (SSSR count). The Morgan fingerprint density at radius 3 is 2.92 bits per heavy atom. The Labute approximate surface area is 87.6 Å². The molecular formula is C9H8BrNOS. The van der Waals surface area contributed by atoms with Crippen molar-refractivity contribution in [1.82, 2.24) is 4.98 Å². The molecule has 1 unspecified atom stereocenters. The standard InChI is InChI=1S/C9H8BrNOS/c1-13(12)8-4-2-3-7-6(8)5-9(10)11-7/h2-5,11H,1H3. The highest BCUT2D eigenvalue weighted by Crippen LogP contribution is 2.25. The SMILES string of the molecule is C[S+]([O-])c1cccc2[nH]c(Br)cc12. The van der Waals surface area contributed by atoms with Crippen LogP contribution in [-0.4, -0.2) is 15.8 Å². The van der Waals surface area contributed by atoms with E-state index in [-0.39, 0.29) is 0 Å². The third-order valence-corrected chi connectivity index (χ3v) is 3.30. The number of hydrogen-bond donors (Lipinski definition) is 1. The van der Waals surface area contributed by atoms with Gasteiger partial charge in [-0.15, -0.1) is 0 Å². The van der Waals surface area contributed by atoms with Crippen molar-refractivity contribution in [3.05, 3.63) is 28.9 Å². The maximum absolute atomic E-state index is 11.4. The fourth-order valence-corrected chi connectivity index (χ4v) is 2.54. The number of hydrogen-bond acceptors (Lipinski definition) is 1. The Hall–Kier alpha value is -0.450. The molecule has 0 aliphatic carbocycles. The molecule has 0 amide bonds. The van der Waals surface area contributed by atoms with E-state index in [0.29, 0.717) is 0 Å². The summed E-state index contributed by atoms with van der Waals surface area (Å²) in [6.45, 7) is 0. The minimum atomic E-state index is -0.931. The van der Waals surface area contributed by atoms with Crippen LogP contribution in [0.1, 0.15) is 0 Å². The lowest BCUT2D eigenvalue weighted by atomic mass is 10.2. The van der Waals surface area contributed by atoms with Gasteiger partial charge in [0, 0.05) is 0 Å². The molecule has 0 fully saturated rings. The van der Waals surface area contributed by atoms with E-state index in [9.17, 15) is 4.55 Å². The van der Waals surface area contributed by atoms with Gasteiger partial charge in [0.15, 0.2) is 4.90 Å². The first-order chi connectivity index (χ1) is 6.18. The van der Waals surface area contributed by atoms with E-state index in [1.807, 2.05) is 24.3 Å². The van der Waals surface area contributed by atoms with Crippen LogP contribution in [0.2, 0.25) is 0 Å². The van der Waals surface area contributed by atoms with Gasteiger partial charge in [-0.2, -0.15) is 0 Å². The Morgan fingerprint density at radius 2 is 2.23 bits per heavy atom. The molecule has 68 valence electrons. The smallest absolute Gasteiger partial charge is 0.161 e. The van der Waals surface area contributed by atoms with Gasteiger partial charge in [0.2, 0.25) is 0 Å². The number of aromatic amines is 1. The largest absolute Gasteiger partial charge is 0.612 e. The molecule has 0 aliphatic rings. The number of fused-ring (bicyclic) bond motifs is 1. The molecule has 1 heterocycles. The molecule has 0 saturated carbocycles. The van der Waals surface area contributed by atoms with Gasteiger partial charge in [0.25, 0.3) is 0 Å². The Morgan fingerprint density at radius 1 is 1.46 bits per heavy atom. The normalized spacial score (nSPS) is 13.5. The number of H-pyrrole nitrogens is 1. The van der Waals surface area contributed by atoms with Crippen LogP contribution in [0.4, 0.5) is 0 Å². The van der Waals surface area contributed by atoms with E-state index in [0.717, 1.165) is 20.4 Å². The maximum atomic E-state index is 11.4. The van der Waals surface area contributed by atoms with Crippen LogP contribution in [-0.2, 0) is 11.2 Å². The number of benzene rings is 1. The summed E-state index contributed by atoms with van der Waals surface area (Å²) >= 11 is 2.42. The summed E-state index contributed by atoms with van der Waals surface area (Å²) < 4.78 is 12.3. The first-order valence-corrected chi connectivity index (χ1v) is 6.14. The van der Waals surface area contributed by atoms with Crippen LogP contribution in [0.5, 0.6) is 0 Å². The quantitative estimate of drug-likeness (QED) is 0.785. The minimum absolute atomic E-state index is 0.874. The number of rotatable bonds is 1. The maximum Gasteiger partial charge on any atom is 0.161 e. The average Bonchev–Trinajstić information content (AvgIpc) is 2.43. The molecule has 13 heavy (non-hydrogen) atoms. The van der Waals surface area contributed by atoms with Crippen LogP contribution >= 0.6 is 15.9 Å². The van der Waals surface area contributed by atoms with Gasteiger partial charge in [-0.1, -0.05) is 6.07 Å². The van der Waals surface area contributed by atoms with Gasteiger partial charge >= 0.3 is 0 Å². The van der Waals surface area contributed by atoms with E-state index in [1.54, 1.807) is 6.26 Å². The summed E-state index contributed by atoms with van der Waals surface area (Å²) in [5.74, 6) is 0. The van der Waals surface area contributed by atoms with E-state index in [1.165, 1.54) is 0 Å². The molecule has 1 N–H and O–H groups in total. The van der Waals surface area contributed by atoms with Gasteiger partial charge in [0.05, 0.1) is 15.5 Å². The van der Waals surface area contributed by atoms with Crippen LogP contribution in [0.3, 0.4) is 0 Å². The average molecular weight is 258 g/mol. The van der Waals surface area contributed by atoms with Crippen LogP contribution in [0.25, 0.3) is 10.9 Å².